The van der Waals surface area contributed by atoms with Gasteiger partial charge in [0.15, 0.2) is 0 Å². The maximum atomic E-state index is 12.0. The van der Waals surface area contributed by atoms with Crippen LogP contribution in [-0.2, 0) is 6.42 Å². The molecule has 0 saturated carbocycles. The number of halogens is 1. The normalized spacial score (nSPS) is 10.4. The van der Waals surface area contributed by atoms with E-state index in [0.717, 1.165) is 27.2 Å². The molecule has 0 bridgehead atoms. The molecule has 0 fully saturated rings. The van der Waals surface area contributed by atoms with E-state index in [1.807, 2.05) is 25.1 Å². The van der Waals surface area contributed by atoms with Crippen LogP contribution in [0.5, 0.6) is 0 Å². The summed E-state index contributed by atoms with van der Waals surface area (Å²) in [5.74, 6) is -0.156. The zero-order valence-corrected chi connectivity index (χ0v) is 12.6. The van der Waals surface area contributed by atoms with E-state index in [0.29, 0.717) is 5.69 Å². The van der Waals surface area contributed by atoms with Gasteiger partial charge in [0, 0.05) is 15.5 Å². The minimum absolute atomic E-state index is 0.156. The van der Waals surface area contributed by atoms with Gasteiger partial charge in [-0.05, 0) is 37.1 Å². The number of carbonyl (C=O) groups is 1. The summed E-state index contributed by atoms with van der Waals surface area (Å²) >= 11 is 4.90. The van der Waals surface area contributed by atoms with Crippen LogP contribution in [0.4, 0.5) is 5.69 Å². The zero-order chi connectivity index (χ0) is 13.1. The molecule has 18 heavy (non-hydrogen) atoms. The largest absolute Gasteiger partial charge is 0.320 e. The number of aromatic nitrogens is 1. The number of anilines is 1. The second-order valence-corrected chi connectivity index (χ2v) is 5.84. The standard InChI is InChI=1S/C13H13BrN2OS/c1-3-9-6-10(14)4-5-11(9)16-13(17)12-7-18-8(2)15-12/h4-7H,3H2,1-2H3,(H,16,17). The first kappa shape index (κ1) is 13.2. The second kappa shape index (κ2) is 5.63. The number of aryl methyl sites for hydroxylation is 2. The molecule has 94 valence electrons. The van der Waals surface area contributed by atoms with Crippen molar-refractivity contribution in [3.8, 4) is 0 Å². The average Bonchev–Trinajstić information content (AvgIpc) is 2.78. The fraction of sp³-hybridized carbons (Fsp3) is 0.231. The van der Waals surface area contributed by atoms with Crippen LogP contribution < -0.4 is 5.32 Å². The Bertz CT molecular complexity index is 580. The van der Waals surface area contributed by atoms with Crippen LogP contribution in [-0.4, -0.2) is 10.9 Å². The fourth-order valence-corrected chi connectivity index (χ4v) is 2.63. The minimum Gasteiger partial charge on any atom is -0.320 e. The molecule has 5 heteroatoms. The summed E-state index contributed by atoms with van der Waals surface area (Å²) in [5.41, 5.74) is 2.42. The number of benzene rings is 1. The Morgan fingerprint density at radius 3 is 2.89 bits per heavy atom. The predicted molar refractivity (Wildman–Crippen MR) is 78.3 cm³/mol. The van der Waals surface area contributed by atoms with Gasteiger partial charge in [0.1, 0.15) is 5.69 Å². The first-order valence-electron chi connectivity index (χ1n) is 5.62. The molecule has 0 aliphatic carbocycles. The molecule has 0 spiro atoms. The molecule has 1 aromatic carbocycles. The lowest BCUT2D eigenvalue weighted by Crippen LogP contribution is -2.13. The summed E-state index contributed by atoms with van der Waals surface area (Å²) in [6, 6.07) is 5.84. The van der Waals surface area contributed by atoms with Gasteiger partial charge >= 0.3 is 0 Å². The van der Waals surface area contributed by atoms with Crippen LogP contribution in [0, 0.1) is 6.92 Å². The zero-order valence-electron chi connectivity index (χ0n) is 10.2. The quantitative estimate of drug-likeness (QED) is 0.926. The summed E-state index contributed by atoms with van der Waals surface area (Å²) < 4.78 is 1.02. The number of rotatable bonds is 3. The van der Waals surface area contributed by atoms with Crippen LogP contribution in [0.15, 0.2) is 28.1 Å². The lowest BCUT2D eigenvalue weighted by Gasteiger charge is -2.09. The van der Waals surface area contributed by atoms with Crippen LogP contribution in [0.2, 0.25) is 0 Å². The van der Waals surface area contributed by atoms with Gasteiger partial charge in [0.25, 0.3) is 5.91 Å². The van der Waals surface area contributed by atoms with Crippen LogP contribution >= 0.6 is 27.3 Å². The van der Waals surface area contributed by atoms with Crippen LogP contribution in [0.1, 0.15) is 28.0 Å². The van der Waals surface area contributed by atoms with E-state index in [-0.39, 0.29) is 5.91 Å². The summed E-state index contributed by atoms with van der Waals surface area (Å²) in [7, 11) is 0. The molecule has 1 N–H and O–H groups in total. The molecule has 0 saturated heterocycles. The third kappa shape index (κ3) is 2.97. The molecule has 1 aromatic heterocycles. The van der Waals surface area contributed by atoms with Gasteiger partial charge in [-0.1, -0.05) is 22.9 Å². The van der Waals surface area contributed by atoms with Crippen molar-refractivity contribution in [2.75, 3.05) is 5.32 Å². The third-order valence-corrected chi connectivity index (χ3v) is 3.81. The fourth-order valence-electron chi connectivity index (χ4n) is 1.63. The topological polar surface area (TPSA) is 42.0 Å². The first-order chi connectivity index (χ1) is 8.60. The van der Waals surface area contributed by atoms with E-state index in [1.165, 1.54) is 11.3 Å². The highest BCUT2D eigenvalue weighted by atomic mass is 79.9. The predicted octanol–water partition coefficient (Wildman–Crippen LogP) is 4.03. The van der Waals surface area contributed by atoms with Crippen molar-refractivity contribution < 1.29 is 4.79 Å². The molecule has 0 aliphatic heterocycles. The molecular weight excluding hydrogens is 312 g/mol. The Kier molecular flexibility index (Phi) is 4.14. The van der Waals surface area contributed by atoms with Crippen molar-refractivity contribution in [2.45, 2.75) is 20.3 Å². The minimum atomic E-state index is -0.156. The Morgan fingerprint density at radius 1 is 1.50 bits per heavy atom. The molecule has 0 atom stereocenters. The van der Waals surface area contributed by atoms with Crippen molar-refractivity contribution in [2.24, 2.45) is 0 Å². The van der Waals surface area contributed by atoms with Gasteiger partial charge in [-0.2, -0.15) is 0 Å². The van der Waals surface area contributed by atoms with E-state index in [1.54, 1.807) is 5.38 Å². The molecule has 0 aliphatic rings. The maximum Gasteiger partial charge on any atom is 0.275 e. The number of carbonyl (C=O) groups excluding carboxylic acids is 1. The molecule has 2 aromatic rings. The molecule has 0 unspecified atom stereocenters. The van der Waals surface area contributed by atoms with E-state index < -0.39 is 0 Å². The lowest BCUT2D eigenvalue weighted by atomic mass is 10.1. The van der Waals surface area contributed by atoms with Crippen molar-refractivity contribution in [3.05, 3.63) is 44.3 Å². The Hall–Kier alpha value is -1.20. The SMILES string of the molecule is CCc1cc(Br)ccc1NC(=O)c1csc(C)n1. The molecule has 1 heterocycles. The number of amides is 1. The maximum absolute atomic E-state index is 12.0. The van der Waals surface area contributed by atoms with Gasteiger partial charge in [0.05, 0.1) is 5.01 Å². The van der Waals surface area contributed by atoms with Gasteiger partial charge in [-0.3, -0.25) is 4.79 Å². The first-order valence-corrected chi connectivity index (χ1v) is 7.29. The molecule has 0 radical (unpaired) electrons. The van der Waals surface area contributed by atoms with Crippen LogP contribution in [0.25, 0.3) is 0 Å². The number of nitrogens with one attached hydrogen (secondary N) is 1. The van der Waals surface area contributed by atoms with Gasteiger partial charge in [-0.25, -0.2) is 4.98 Å². The van der Waals surface area contributed by atoms with Crippen molar-refractivity contribution in [1.82, 2.24) is 4.98 Å². The monoisotopic (exact) mass is 324 g/mol. The van der Waals surface area contributed by atoms with E-state index in [9.17, 15) is 4.79 Å². The Balaban J connectivity index is 2.21. The van der Waals surface area contributed by atoms with Gasteiger partial charge in [-0.15, -0.1) is 11.3 Å². The summed E-state index contributed by atoms with van der Waals surface area (Å²) in [6.07, 6.45) is 0.866. The summed E-state index contributed by atoms with van der Waals surface area (Å²) in [6.45, 7) is 3.95. The van der Waals surface area contributed by atoms with E-state index >= 15 is 0 Å². The number of nitrogens with zero attached hydrogens (tertiary/aromatic N) is 1. The summed E-state index contributed by atoms with van der Waals surface area (Å²) in [4.78, 5) is 16.2. The summed E-state index contributed by atoms with van der Waals surface area (Å²) in [5, 5.41) is 5.57. The molecule has 1 amide bonds. The number of thiazole rings is 1. The van der Waals surface area contributed by atoms with Gasteiger partial charge in [0.2, 0.25) is 0 Å². The smallest absolute Gasteiger partial charge is 0.275 e. The highest BCUT2D eigenvalue weighted by molar-refractivity contribution is 9.10. The highest BCUT2D eigenvalue weighted by Gasteiger charge is 2.11. The molecule has 2 rings (SSSR count). The molecule has 3 nitrogen and oxygen atoms in total. The molecular formula is C13H13BrN2OS. The van der Waals surface area contributed by atoms with E-state index in [2.05, 4.69) is 33.2 Å². The number of hydrogen-bond donors (Lipinski definition) is 1. The highest BCUT2D eigenvalue weighted by Crippen LogP contribution is 2.22. The van der Waals surface area contributed by atoms with Crippen molar-refractivity contribution in [1.29, 1.82) is 0 Å². The van der Waals surface area contributed by atoms with E-state index in [4.69, 9.17) is 0 Å². The lowest BCUT2D eigenvalue weighted by molar-refractivity contribution is 0.102. The Labute approximate surface area is 118 Å². The van der Waals surface area contributed by atoms with Crippen molar-refractivity contribution >= 4 is 38.9 Å². The van der Waals surface area contributed by atoms with Crippen LogP contribution in [0.3, 0.4) is 0 Å². The second-order valence-electron chi connectivity index (χ2n) is 3.86. The third-order valence-electron chi connectivity index (χ3n) is 2.55. The number of hydrogen-bond acceptors (Lipinski definition) is 3. The van der Waals surface area contributed by atoms with Gasteiger partial charge < -0.3 is 5.32 Å². The Morgan fingerprint density at radius 2 is 2.28 bits per heavy atom. The van der Waals surface area contributed by atoms with Crippen molar-refractivity contribution in [3.63, 3.8) is 0 Å². The average molecular weight is 325 g/mol.